The molecule has 0 fully saturated rings. The number of likely N-dealkylation sites (N-methyl/N-ethyl adjacent to an activating group) is 1. The molecule has 4 N–H and O–H groups in total. The minimum absolute atomic E-state index is 0.528. The number of hydrogen-bond donors (Lipinski definition) is 3. The Kier molecular flexibility index (Phi) is 4.07. The Labute approximate surface area is 49.9 Å². The Balaban J connectivity index is 2.82. The first kappa shape index (κ1) is 7.30. The van der Waals surface area contributed by atoms with Crippen LogP contribution in [0.1, 0.15) is 0 Å². The summed E-state index contributed by atoms with van der Waals surface area (Å²) in [6.45, 7) is 5.22. The van der Waals surface area contributed by atoms with Gasteiger partial charge in [0.25, 0.3) is 0 Å². The summed E-state index contributed by atoms with van der Waals surface area (Å²) in [4.78, 5) is 0. The van der Waals surface area contributed by atoms with Gasteiger partial charge in [0.1, 0.15) is 0 Å². The number of nitrogens with one attached hydrogen (secondary N) is 2. The van der Waals surface area contributed by atoms with Crippen LogP contribution in [-0.4, -0.2) is 20.1 Å². The zero-order valence-electron chi connectivity index (χ0n) is 5.20. The van der Waals surface area contributed by atoms with Gasteiger partial charge in [-0.2, -0.15) is 0 Å². The highest BCUT2D eigenvalue weighted by molar-refractivity contribution is 4.81. The van der Waals surface area contributed by atoms with Gasteiger partial charge in [-0.15, -0.1) is 0 Å². The fourth-order valence-electron chi connectivity index (χ4n) is 0.348. The average molecular weight is 115 g/mol. The van der Waals surface area contributed by atoms with Crippen LogP contribution < -0.4 is 16.4 Å². The average Bonchev–Trinajstić information content (AvgIpc) is 1.66. The van der Waals surface area contributed by atoms with Gasteiger partial charge in [0.05, 0.1) is 5.82 Å². The topological polar surface area (TPSA) is 50.1 Å². The van der Waals surface area contributed by atoms with Crippen LogP contribution in [0.5, 0.6) is 0 Å². The molecule has 48 valence electrons. The van der Waals surface area contributed by atoms with Crippen molar-refractivity contribution >= 4 is 0 Å². The molecule has 3 heteroatoms. The molecular formula is C5H13N3. The molecule has 3 nitrogen and oxygen atoms in total. The van der Waals surface area contributed by atoms with E-state index in [2.05, 4.69) is 17.2 Å². The highest BCUT2D eigenvalue weighted by Crippen LogP contribution is 1.62. The summed E-state index contributed by atoms with van der Waals surface area (Å²) in [6.07, 6.45) is 0. The van der Waals surface area contributed by atoms with Gasteiger partial charge in [-0.25, -0.2) is 0 Å². The van der Waals surface area contributed by atoms with Crippen molar-refractivity contribution in [3.8, 4) is 0 Å². The molecule has 0 saturated heterocycles. The first-order chi connectivity index (χ1) is 3.77. The van der Waals surface area contributed by atoms with Gasteiger partial charge in [-0.1, -0.05) is 6.58 Å². The summed E-state index contributed by atoms with van der Waals surface area (Å²) in [5, 5.41) is 5.83. The van der Waals surface area contributed by atoms with E-state index in [-0.39, 0.29) is 0 Å². The zero-order chi connectivity index (χ0) is 6.41. The van der Waals surface area contributed by atoms with Crippen LogP contribution in [0.4, 0.5) is 0 Å². The van der Waals surface area contributed by atoms with Gasteiger partial charge in [0, 0.05) is 13.1 Å². The largest absolute Gasteiger partial charge is 0.386 e. The molecule has 0 radical (unpaired) electrons. The summed E-state index contributed by atoms with van der Waals surface area (Å²) in [5.74, 6) is 0.528. The zero-order valence-corrected chi connectivity index (χ0v) is 5.20. The Morgan fingerprint density at radius 2 is 2.25 bits per heavy atom. The maximum atomic E-state index is 5.20. The van der Waals surface area contributed by atoms with Crippen molar-refractivity contribution in [2.24, 2.45) is 5.73 Å². The van der Waals surface area contributed by atoms with E-state index in [1.54, 1.807) is 0 Å². The monoisotopic (exact) mass is 115 g/mol. The molecule has 0 aromatic carbocycles. The van der Waals surface area contributed by atoms with Crippen molar-refractivity contribution in [1.82, 2.24) is 10.6 Å². The molecular weight excluding hydrogens is 102 g/mol. The van der Waals surface area contributed by atoms with Crippen molar-refractivity contribution in [3.63, 3.8) is 0 Å². The molecule has 0 heterocycles. The van der Waals surface area contributed by atoms with Crippen LogP contribution in [0.25, 0.3) is 0 Å². The predicted molar refractivity (Wildman–Crippen MR) is 35.3 cm³/mol. The summed E-state index contributed by atoms with van der Waals surface area (Å²) in [5.41, 5.74) is 5.20. The maximum Gasteiger partial charge on any atom is 0.0886 e. The molecule has 0 aromatic rings. The van der Waals surface area contributed by atoms with Crippen LogP contribution >= 0.6 is 0 Å². The molecule has 0 bridgehead atoms. The Morgan fingerprint density at radius 3 is 2.62 bits per heavy atom. The van der Waals surface area contributed by atoms with Gasteiger partial charge < -0.3 is 16.4 Å². The minimum Gasteiger partial charge on any atom is -0.386 e. The van der Waals surface area contributed by atoms with Gasteiger partial charge in [0.15, 0.2) is 0 Å². The van der Waals surface area contributed by atoms with Crippen molar-refractivity contribution in [1.29, 1.82) is 0 Å². The summed E-state index contributed by atoms with van der Waals surface area (Å²) < 4.78 is 0. The first-order valence-corrected chi connectivity index (χ1v) is 2.60. The normalized spacial score (nSPS) is 8.62. The summed E-state index contributed by atoms with van der Waals surface area (Å²) in [6, 6.07) is 0. The predicted octanol–water partition coefficient (Wildman–Crippen LogP) is -0.775. The van der Waals surface area contributed by atoms with E-state index in [0.29, 0.717) is 5.82 Å². The van der Waals surface area contributed by atoms with Crippen molar-refractivity contribution in [2.45, 2.75) is 0 Å². The third-order valence-electron chi connectivity index (χ3n) is 0.727. The molecule has 0 saturated carbocycles. The lowest BCUT2D eigenvalue weighted by molar-refractivity contribution is 0.714. The number of hydrogen-bond acceptors (Lipinski definition) is 3. The highest BCUT2D eigenvalue weighted by atomic mass is 15.0. The lowest BCUT2D eigenvalue weighted by Gasteiger charge is -2.01. The van der Waals surface area contributed by atoms with Crippen LogP contribution in [0, 0.1) is 0 Å². The van der Waals surface area contributed by atoms with Crippen molar-refractivity contribution < 1.29 is 0 Å². The SMILES string of the molecule is C=C(N)NCCNC. The molecule has 0 atom stereocenters. The van der Waals surface area contributed by atoms with E-state index in [1.807, 2.05) is 7.05 Å². The van der Waals surface area contributed by atoms with Gasteiger partial charge in [-0.3, -0.25) is 0 Å². The van der Waals surface area contributed by atoms with Crippen molar-refractivity contribution in [3.05, 3.63) is 12.4 Å². The second-order valence-corrected chi connectivity index (χ2v) is 1.56. The Morgan fingerprint density at radius 1 is 1.62 bits per heavy atom. The van der Waals surface area contributed by atoms with E-state index >= 15 is 0 Å². The van der Waals surface area contributed by atoms with Crippen LogP contribution in [0.2, 0.25) is 0 Å². The molecule has 0 amide bonds. The lowest BCUT2D eigenvalue weighted by Crippen LogP contribution is -2.27. The quantitative estimate of drug-likeness (QED) is 0.421. The summed E-state index contributed by atoms with van der Waals surface area (Å²) >= 11 is 0. The smallest absolute Gasteiger partial charge is 0.0886 e. The van der Waals surface area contributed by atoms with Crippen molar-refractivity contribution in [2.75, 3.05) is 20.1 Å². The minimum atomic E-state index is 0.528. The lowest BCUT2D eigenvalue weighted by atomic mass is 10.6. The fraction of sp³-hybridized carbons (Fsp3) is 0.600. The fourth-order valence-corrected chi connectivity index (χ4v) is 0.348. The molecule has 0 aliphatic rings. The van der Waals surface area contributed by atoms with Gasteiger partial charge >= 0.3 is 0 Å². The molecule has 0 aromatic heterocycles. The van der Waals surface area contributed by atoms with E-state index in [1.165, 1.54) is 0 Å². The molecule has 0 rings (SSSR count). The van der Waals surface area contributed by atoms with Crippen LogP contribution in [-0.2, 0) is 0 Å². The maximum absolute atomic E-state index is 5.20. The standard InChI is InChI=1S/C5H13N3/c1-5(6)8-4-3-7-2/h7-8H,1,3-4,6H2,2H3. The third kappa shape index (κ3) is 5.30. The van der Waals surface area contributed by atoms with E-state index in [0.717, 1.165) is 13.1 Å². The van der Waals surface area contributed by atoms with E-state index < -0.39 is 0 Å². The van der Waals surface area contributed by atoms with E-state index in [9.17, 15) is 0 Å². The summed E-state index contributed by atoms with van der Waals surface area (Å²) in [7, 11) is 1.89. The van der Waals surface area contributed by atoms with Gasteiger partial charge in [0.2, 0.25) is 0 Å². The molecule has 8 heavy (non-hydrogen) atoms. The second kappa shape index (κ2) is 4.46. The molecule has 0 spiro atoms. The highest BCUT2D eigenvalue weighted by Gasteiger charge is 1.79. The molecule has 0 unspecified atom stereocenters. The van der Waals surface area contributed by atoms with Crippen LogP contribution in [0.15, 0.2) is 12.4 Å². The van der Waals surface area contributed by atoms with Crippen LogP contribution in [0.3, 0.4) is 0 Å². The Hall–Kier alpha value is -0.700. The van der Waals surface area contributed by atoms with Gasteiger partial charge in [-0.05, 0) is 7.05 Å². The number of rotatable bonds is 4. The Bertz CT molecular complexity index is 70.1. The number of nitrogens with two attached hydrogens (primary N) is 1. The molecule has 0 aliphatic heterocycles. The molecule has 0 aliphatic carbocycles. The third-order valence-corrected chi connectivity index (χ3v) is 0.727. The first-order valence-electron chi connectivity index (χ1n) is 2.60. The second-order valence-electron chi connectivity index (χ2n) is 1.56. The van der Waals surface area contributed by atoms with E-state index in [4.69, 9.17) is 5.73 Å².